The van der Waals surface area contributed by atoms with E-state index in [1.807, 2.05) is 6.07 Å². The van der Waals surface area contributed by atoms with Crippen molar-refractivity contribution in [2.24, 2.45) is 5.73 Å². The van der Waals surface area contributed by atoms with E-state index in [0.717, 1.165) is 12.1 Å². The minimum atomic E-state index is -0.837. The van der Waals surface area contributed by atoms with Crippen LogP contribution in [0.25, 0.3) is 0 Å². The van der Waals surface area contributed by atoms with Gasteiger partial charge in [-0.1, -0.05) is 29.8 Å². The maximum Gasteiger partial charge on any atom is 0.255 e. The maximum absolute atomic E-state index is 13.6. The highest BCUT2D eigenvalue weighted by molar-refractivity contribution is 6.31. The van der Waals surface area contributed by atoms with Crippen LogP contribution in [0.1, 0.15) is 32.7 Å². The molecule has 0 fully saturated rings. The van der Waals surface area contributed by atoms with Crippen LogP contribution in [0.5, 0.6) is 0 Å². The van der Waals surface area contributed by atoms with Crippen LogP contribution in [0.3, 0.4) is 0 Å². The number of nitrogens with one attached hydrogen (secondary N) is 1. The van der Waals surface area contributed by atoms with Crippen LogP contribution in [0.2, 0.25) is 5.02 Å². The summed E-state index contributed by atoms with van der Waals surface area (Å²) in [6.07, 6.45) is 0.492. The summed E-state index contributed by atoms with van der Waals surface area (Å²) in [5.74, 6) is -2.51. The fourth-order valence-electron chi connectivity index (χ4n) is 3.17. The largest absolute Gasteiger partial charge is 0.334 e. The molecular formula is C24H22ClF2N3O2. The fourth-order valence-corrected chi connectivity index (χ4v) is 3.34. The molecule has 0 radical (unpaired) electrons. The van der Waals surface area contributed by atoms with Gasteiger partial charge in [-0.15, -0.1) is 0 Å². The van der Waals surface area contributed by atoms with Crippen LogP contribution >= 0.6 is 11.6 Å². The van der Waals surface area contributed by atoms with Gasteiger partial charge in [-0.2, -0.15) is 0 Å². The zero-order valence-electron chi connectivity index (χ0n) is 17.2. The summed E-state index contributed by atoms with van der Waals surface area (Å²) in [4.78, 5) is 26.8. The molecule has 0 spiro atoms. The van der Waals surface area contributed by atoms with E-state index in [9.17, 15) is 18.4 Å². The monoisotopic (exact) mass is 457 g/mol. The van der Waals surface area contributed by atoms with Crippen LogP contribution < -0.4 is 11.1 Å². The molecule has 0 aliphatic rings. The lowest BCUT2D eigenvalue weighted by molar-refractivity contribution is 0.0741. The Labute approximate surface area is 189 Å². The van der Waals surface area contributed by atoms with Gasteiger partial charge in [0, 0.05) is 41.0 Å². The van der Waals surface area contributed by atoms with Crippen LogP contribution in [0.4, 0.5) is 14.5 Å². The Hall–Kier alpha value is -3.29. The van der Waals surface area contributed by atoms with E-state index >= 15 is 0 Å². The van der Waals surface area contributed by atoms with E-state index in [1.54, 1.807) is 42.5 Å². The third-order valence-electron chi connectivity index (χ3n) is 4.73. The van der Waals surface area contributed by atoms with Crippen molar-refractivity contribution in [3.05, 3.63) is 100 Å². The third kappa shape index (κ3) is 6.12. The van der Waals surface area contributed by atoms with Crippen molar-refractivity contribution in [3.63, 3.8) is 0 Å². The standard InChI is InChI=1S/C24H22ClF2N3O2/c25-22-8-7-21(29-23(31)16-5-2-1-3-6-16)13-18(22)15-30(10-4-9-28)24(32)17-11-19(26)14-20(27)12-17/h1-3,5-8,11-14H,4,9-10,15,28H2,(H,29,31). The number of hydrogen-bond acceptors (Lipinski definition) is 3. The number of rotatable bonds is 8. The zero-order chi connectivity index (χ0) is 23.1. The van der Waals surface area contributed by atoms with Crippen molar-refractivity contribution in [3.8, 4) is 0 Å². The average molecular weight is 458 g/mol. The van der Waals surface area contributed by atoms with E-state index in [4.69, 9.17) is 17.3 Å². The molecule has 8 heteroatoms. The minimum Gasteiger partial charge on any atom is -0.334 e. The summed E-state index contributed by atoms with van der Waals surface area (Å²) in [5, 5.41) is 3.19. The molecule has 0 unspecified atom stereocenters. The molecule has 2 amide bonds. The third-order valence-corrected chi connectivity index (χ3v) is 5.10. The maximum atomic E-state index is 13.6. The number of carbonyl (C=O) groups is 2. The number of benzene rings is 3. The molecule has 3 aromatic rings. The highest BCUT2D eigenvalue weighted by Crippen LogP contribution is 2.24. The van der Waals surface area contributed by atoms with Crippen molar-refractivity contribution < 1.29 is 18.4 Å². The van der Waals surface area contributed by atoms with E-state index < -0.39 is 17.5 Å². The fraction of sp³-hybridized carbons (Fsp3) is 0.167. The summed E-state index contributed by atoms with van der Waals surface area (Å²) in [6.45, 7) is 0.678. The molecule has 32 heavy (non-hydrogen) atoms. The highest BCUT2D eigenvalue weighted by atomic mass is 35.5. The van der Waals surface area contributed by atoms with Gasteiger partial charge in [0.1, 0.15) is 11.6 Å². The normalized spacial score (nSPS) is 10.6. The lowest BCUT2D eigenvalue weighted by Gasteiger charge is -2.24. The topological polar surface area (TPSA) is 75.4 Å². The van der Waals surface area contributed by atoms with Gasteiger partial charge in [-0.25, -0.2) is 8.78 Å². The molecule has 0 aliphatic heterocycles. The summed E-state index contributed by atoms with van der Waals surface area (Å²) in [6, 6.07) is 16.3. The number of hydrogen-bond donors (Lipinski definition) is 2. The van der Waals surface area contributed by atoms with Crippen LogP contribution in [0.15, 0.2) is 66.7 Å². The Morgan fingerprint density at radius 2 is 1.62 bits per heavy atom. The van der Waals surface area contributed by atoms with Crippen molar-refractivity contribution in [2.75, 3.05) is 18.4 Å². The van der Waals surface area contributed by atoms with Gasteiger partial charge in [0.2, 0.25) is 0 Å². The van der Waals surface area contributed by atoms with Crippen LogP contribution in [0, 0.1) is 11.6 Å². The number of anilines is 1. The second kappa shape index (κ2) is 10.8. The SMILES string of the molecule is NCCCN(Cc1cc(NC(=O)c2ccccc2)ccc1Cl)C(=O)c1cc(F)cc(F)c1. The van der Waals surface area contributed by atoms with Crippen molar-refractivity contribution in [1.29, 1.82) is 0 Å². The molecule has 0 heterocycles. The molecule has 166 valence electrons. The molecular weight excluding hydrogens is 436 g/mol. The minimum absolute atomic E-state index is 0.0743. The van der Waals surface area contributed by atoms with Gasteiger partial charge < -0.3 is 16.0 Å². The van der Waals surface area contributed by atoms with Gasteiger partial charge >= 0.3 is 0 Å². The first kappa shape index (κ1) is 23.4. The Kier molecular flexibility index (Phi) is 7.92. The summed E-state index contributed by atoms with van der Waals surface area (Å²) in [5.41, 5.74) is 7.05. The van der Waals surface area contributed by atoms with Crippen molar-refractivity contribution in [1.82, 2.24) is 4.90 Å². The molecule has 5 nitrogen and oxygen atoms in total. The molecule has 3 N–H and O–H groups in total. The lowest BCUT2D eigenvalue weighted by Crippen LogP contribution is -2.33. The number of amides is 2. The molecule has 0 saturated heterocycles. The number of nitrogens with zero attached hydrogens (tertiary/aromatic N) is 1. The second-order valence-electron chi connectivity index (χ2n) is 7.15. The first-order valence-electron chi connectivity index (χ1n) is 9.97. The molecule has 3 rings (SSSR count). The van der Waals surface area contributed by atoms with Crippen molar-refractivity contribution >= 4 is 29.1 Å². The molecule has 0 aliphatic carbocycles. The van der Waals surface area contributed by atoms with E-state index in [-0.39, 0.29) is 24.6 Å². The van der Waals surface area contributed by atoms with Crippen LogP contribution in [-0.4, -0.2) is 29.8 Å². The predicted octanol–water partition coefficient (Wildman–Crippen LogP) is 4.86. The summed E-state index contributed by atoms with van der Waals surface area (Å²) < 4.78 is 27.2. The molecule has 0 atom stereocenters. The number of carbonyl (C=O) groups excluding carboxylic acids is 2. The van der Waals surface area contributed by atoms with Gasteiger partial charge in [0.15, 0.2) is 0 Å². The molecule has 0 aromatic heterocycles. The van der Waals surface area contributed by atoms with Gasteiger partial charge in [0.25, 0.3) is 11.8 Å². The summed E-state index contributed by atoms with van der Waals surface area (Å²) in [7, 11) is 0. The quantitative estimate of drug-likeness (QED) is 0.507. The smallest absolute Gasteiger partial charge is 0.255 e. The Bertz CT molecular complexity index is 1090. The second-order valence-corrected chi connectivity index (χ2v) is 7.56. The van der Waals surface area contributed by atoms with E-state index in [2.05, 4.69) is 5.32 Å². The molecule has 3 aromatic carbocycles. The van der Waals surface area contributed by atoms with Gasteiger partial charge in [-0.05, 0) is 61.0 Å². The van der Waals surface area contributed by atoms with Crippen LogP contribution in [-0.2, 0) is 6.54 Å². The molecule has 0 saturated carbocycles. The zero-order valence-corrected chi connectivity index (χ0v) is 17.9. The number of halogens is 3. The van der Waals surface area contributed by atoms with E-state index in [0.29, 0.717) is 40.9 Å². The molecule has 0 bridgehead atoms. The van der Waals surface area contributed by atoms with Gasteiger partial charge in [-0.3, -0.25) is 9.59 Å². The Morgan fingerprint density at radius 1 is 0.938 bits per heavy atom. The first-order valence-corrected chi connectivity index (χ1v) is 10.4. The lowest BCUT2D eigenvalue weighted by atomic mass is 10.1. The van der Waals surface area contributed by atoms with Crippen molar-refractivity contribution in [2.45, 2.75) is 13.0 Å². The Morgan fingerprint density at radius 3 is 2.28 bits per heavy atom. The first-order chi connectivity index (χ1) is 15.4. The predicted molar refractivity (Wildman–Crippen MR) is 121 cm³/mol. The number of nitrogens with two attached hydrogens (primary N) is 1. The Balaban J connectivity index is 1.83. The average Bonchev–Trinajstić information content (AvgIpc) is 2.78. The van der Waals surface area contributed by atoms with Gasteiger partial charge in [0.05, 0.1) is 0 Å². The van der Waals surface area contributed by atoms with E-state index in [1.165, 1.54) is 4.90 Å². The highest BCUT2D eigenvalue weighted by Gasteiger charge is 2.19. The summed E-state index contributed by atoms with van der Waals surface area (Å²) >= 11 is 6.33.